The summed E-state index contributed by atoms with van der Waals surface area (Å²) in [5.41, 5.74) is 1.22. The Labute approximate surface area is 60.6 Å². The van der Waals surface area contributed by atoms with Gasteiger partial charge >= 0.3 is 5.97 Å². The molecular weight excluding hydrogens is 128 g/mol. The summed E-state index contributed by atoms with van der Waals surface area (Å²) in [6.45, 7) is 3.99. The zero-order valence-corrected chi connectivity index (χ0v) is 6.29. The zero-order valence-electron chi connectivity index (χ0n) is 6.29. The van der Waals surface area contributed by atoms with Gasteiger partial charge in [-0.1, -0.05) is 11.6 Å². The van der Waals surface area contributed by atoms with E-state index in [9.17, 15) is 4.79 Å². The highest BCUT2D eigenvalue weighted by atomic mass is 16.4. The molecule has 1 rings (SSSR count). The van der Waals surface area contributed by atoms with Crippen molar-refractivity contribution < 1.29 is 9.90 Å². The number of carbonyl (C=O) groups is 1. The minimum Gasteiger partial charge on any atom is -0.481 e. The van der Waals surface area contributed by atoms with Crippen LogP contribution in [0.2, 0.25) is 0 Å². The number of carboxylic acids is 1. The molecule has 56 valence electrons. The second-order valence-electron chi connectivity index (χ2n) is 3.09. The molecule has 0 saturated heterocycles. The maximum atomic E-state index is 10.3. The lowest BCUT2D eigenvalue weighted by atomic mass is 10.2. The summed E-state index contributed by atoms with van der Waals surface area (Å²) < 4.78 is 0. The first kappa shape index (κ1) is 7.32. The first-order chi connectivity index (χ1) is 4.61. The first-order valence-corrected chi connectivity index (χ1v) is 3.49. The smallest absolute Gasteiger partial charge is 0.307 e. The number of hydrogen-bond donors (Lipinski definition) is 1. The monoisotopic (exact) mass is 140 g/mol. The molecule has 1 aliphatic rings. The number of allylic oxidation sites excluding steroid dienone is 2. The van der Waals surface area contributed by atoms with Crippen molar-refractivity contribution in [2.45, 2.75) is 20.3 Å². The van der Waals surface area contributed by atoms with Gasteiger partial charge in [0.15, 0.2) is 0 Å². The highest BCUT2D eigenvalue weighted by molar-refractivity contribution is 5.74. The Morgan fingerprint density at radius 1 is 1.60 bits per heavy atom. The standard InChI is InChI=1S/C8H12O2/c1-5(2)3-6-4-7(6)8(9)10/h3,6-7H,4H2,1-2H3,(H,9,10)/t6-,7-/m1/s1. The largest absolute Gasteiger partial charge is 0.481 e. The van der Waals surface area contributed by atoms with Gasteiger partial charge in [0.25, 0.3) is 0 Å². The molecule has 0 bridgehead atoms. The van der Waals surface area contributed by atoms with Crippen LogP contribution in [0.5, 0.6) is 0 Å². The SMILES string of the molecule is CC(C)=C[C@@H]1C[C@H]1C(=O)O. The number of carboxylic acid groups (broad SMARTS) is 1. The van der Waals surface area contributed by atoms with E-state index in [2.05, 4.69) is 0 Å². The predicted molar refractivity (Wildman–Crippen MR) is 38.7 cm³/mol. The van der Waals surface area contributed by atoms with Crippen LogP contribution in [0.3, 0.4) is 0 Å². The van der Waals surface area contributed by atoms with Crippen molar-refractivity contribution in [3.8, 4) is 0 Å². The summed E-state index contributed by atoms with van der Waals surface area (Å²) in [6, 6.07) is 0. The minimum absolute atomic E-state index is 0.0881. The number of hydrogen-bond acceptors (Lipinski definition) is 1. The molecular formula is C8H12O2. The third-order valence-corrected chi connectivity index (χ3v) is 1.70. The maximum Gasteiger partial charge on any atom is 0.307 e. The quantitative estimate of drug-likeness (QED) is 0.592. The summed E-state index contributed by atoms with van der Waals surface area (Å²) in [5.74, 6) is -0.417. The molecule has 0 aromatic carbocycles. The van der Waals surface area contributed by atoms with E-state index in [-0.39, 0.29) is 5.92 Å². The summed E-state index contributed by atoms with van der Waals surface area (Å²) in [5, 5.41) is 8.51. The number of aliphatic carboxylic acids is 1. The average Bonchev–Trinajstić information content (AvgIpc) is 2.43. The van der Waals surface area contributed by atoms with Crippen LogP contribution in [0.15, 0.2) is 11.6 Å². The van der Waals surface area contributed by atoms with Gasteiger partial charge in [0.05, 0.1) is 5.92 Å². The van der Waals surface area contributed by atoms with Crippen LogP contribution in [0, 0.1) is 11.8 Å². The molecule has 2 atom stereocenters. The van der Waals surface area contributed by atoms with E-state index in [1.165, 1.54) is 5.57 Å². The fourth-order valence-electron chi connectivity index (χ4n) is 1.11. The third kappa shape index (κ3) is 1.59. The lowest BCUT2D eigenvalue weighted by Gasteiger charge is -1.87. The summed E-state index contributed by atoms with van der Waals surface area (Å²) in [6.07, 6.45) is 2.87. The van der Waals surface area contributed by atoms with Crippen molar-refractivity contribution in [1.29, 1.82) is 0 Å². The summed E-state index contributed by atoms with van der Waals surface area (Å²) >= 11 is 0. The molecule has 10 heavy (non-hydrogen) atoms. The Bertz CT molecular complexity index is 178. The molecule has 1 aliphatic carbocycles. The van der Waals surface area contributed by atoms with Crippen LogP contribution >= 0.6 is 0 Å². The molecule has 1 N–H and O–H groups in total. The van der Waals surface area contributed by atoms with Gasteiger partial charge in [-0.3, -0.25) is 4.79 Å². The molecule has 0 heterocycles. The lowest BCUT2D eigenvalue weighted by molar-refractivity contribution is -0.138. The molecule has 0 unspecified atom stereocenters. The van der Waals surface area contributed by atoms with E-state index >= 15 is 0 Å². The highest BCUT2D eigenvalue weighted by Gasteiger charge is 2.41. The fraction of sp³-hybridized carbons (Fsp3) is 0.625. The van der Waals surface area contributed by atoms with E-state index in [0.717, 1.165) is 6.42 Å². The molecule has 0 spiro atoms. The minimum atomic E-state index is -0.650. The lowest BCUT2D eigenvalue weighted by Crippen LogP contribution is -1.98. The van der Waals surface area contributed by atoms with Gasteiger partial charge in [-0.05, 0) is 26.2 Å². The summed E-state index contributed by atoms with van der Waals surface area (Å²) in [4.78, 5) is 10.3. The highest BCUT2D eigenvalue weighted by Crippen LogP contribution is 2.40. The van der Waals surface area contributed by atoms with Crippen LogP contribution in [-0.2, 0) is 4.79 Å². The summed E-state index contributed by atoms with van der Waals surface area (Å²) in [7, 11) is 0. The molecule has 0 aromatic rings. The predicted octanol–water partition coefficient (Wildman–Crippen LogP) is 1.67. The Morgan fingerprint density at radius 3 is 2.50 bits per heavy atom. The third-order valence-electron chi connectivity index (χ3n) is 1.70. The molecule has 0 aromatic heterocycles. The van der Waals surface area contributed by atoms with Gasteiger partial charge < -0.3 is 5.11 Å². The molecule has 0 radical (unpaired) electrons. The van der Waals surface area contributed by atoms with Gasteiger partial charge in [-0.15, -0.1) is 0 Å². The van der Waals surface area contributed by atoms with Crippen molar-refractivity contribution >= 4 is 5.97 Å². The van der Waals surface area contributed by atoms with Gasteiger partial charge in [-0.25, -0.2) is 0 Å². The molecule has 1 fully saturated rings. The molecule has 0 amide bonds. The van der Waals surface area contributed by atoms with E-state index in [0.29, 0.717) is 5.92 Å². The molecule has 2 nitrogen and oxygen atoms in total. The van der Waals surface area contributed by atoms with E-state index < -0.39 is 5.97 Å². The van der Waals surface area contributed by atoms with E-state index in [4.69, 9.17) is 5.11 Å². The normalized spacial score (nSPS) is 29.4. The van der Waals surface area contributed by atoms with Crippen LogP contribution in [0.4, 0.5) is 0 Å². The van der Waals surface area contributed by atoms with Crippen molar-refractivity contribution in [2.24, 2.45) is 11.8 Å². The van der Waals surface area contributed by atoms with Gasteiger partial charge in [-0.2, -0.15) is 0 Å². The Hall–Kier alpha value is -0.790. The molecule has 1 saturated carbocycles. The van der Waals surface area contributed by atoms with Crippen molar-refractivity contribution in [2.75, 3.05) is 0 Å². The van der Waals surface area contributed by atoms with Crippen molar-refractivity contribution in [3.63, 3.8) is 0 Å². The van der Waals surface area contributed by atoms with Gasteiger partial charge in [0.2, 0.25) is 0 Å². The van der Waals surface area contributed by atoms with Gasteiger partial charge in [0, 0.05) is 0 Å². The topological polar surface area (TPSA) is 37.3 Å². The second kappa shape index (κ2) is 2.45. The Balaban J connectivity index is 2.40. The van der Waals surface area contributed by atoms with Crippen LogP contribution in [-0.4, -0.2) is 11.1 Å². The van der Waals surface area contributed by atoms with E-state index in [1.54, 1.807) is 0 Å². The van der Waals surface area contributed by atoms with E-state index in [1.807, 2.05) is 19.9 Å². The van der Waals surface area contributed by atoms with Crippen LogP contribution < -0.4 is 0 Å². The second-order valence-corrected chi connectivity index (χ2v) is 3.09. The fourth-order valence-corrected chi connectivity index (χ4v) is 1.11. The van der Waals surface area contributed by atoms with Gasteiger partial charge in [0.1, 0.15) is 0 Å². The Kier molecular flexibility index (Phi) is 1.79. The average molecular weight is 140 g/mol. The molecule has 2 heteroatoms. The van der Waals surface area contributed by atoms with Crippen molar-refractivity contribution in [1.82, 2.24) is 0 Å². The van der Waals surface area contributed by atoms with Crippen molar-refractivity contribution in [3.05, 3.63) is 11.6 Å². The number of rotatable bonds is 2. The molecule has 0 aliphatic heterocycles. The van der Waals surface area contributed by atoms with Crippen LogP contribution in [0.25, 0.3) is 0 Å². The Morgan fingerprint density at radius 2 is 2.20 bits per heavy atom. The zero-order chi connectivity index (χ0) is 7.72. The van der Waals surface area contributed by atoms with Crippen LogP contribution in [0.1, 0.15) is 20.3 Å². The first-order valence-electron chi connectivity index (χ1n) is 3.49. The maximum absolute atomic E-state index is 10.3.